The van der Waals surface area contributed by atoms with E-state index in [4.69, 9.17) is 11.6 Å². The highest BCUT2D eigenvalue weighted by atomic mass is 35.5. The summed E-state index contributed by atoms with van der Waals surface area (Å²) in [5, 5.41) is 1.46. The molecule has 0 unspecified atom stereocenters. The molecule has 3 rings (SSSR count). The van der Waals surface area contributed by atoms with Gasteiger partial charge in [-0.2, -0.15) is 4.98 Å². The van der Waals surface area contributed by atoms with Crippen molar-refractivity contribution in [3.8, 4) is 11.1 Å². The zero-order chi connectivity index (χ0) is 17.3. The van der Waals surface area contributed by atoms with Gasteiger partial charge < -0.3 is 4.90 Å². The van der Waals surface area contributed by atoms with E-state index in [1.54, 1.807) is 11.3 Å². The number of nitrogens with zero attached hydrogens (tertiary/aromatic N) is 3. The molecule has 0 spiro atoms. The molecule has 0 aliphatic carbocycles. The van der Waals surface area contributed by atoms with Crippen molar-refractivity contribution in [2.45, 2.75) is 34.1 Å². The number of aromatic nitrogens is 2. The lowest BCUT2D eigenvalue weighted by atomic mass is 10.0. The summed E-state index contributed by atoms with van der Waals surface area (Å²) in [7, 11) is 0. The molecule has 0 saturated carbocycles. The number of hydrogen-bond donors (Lipinski definition) is 0. The van der Waals surface area contributed by atoms with Gasteiger partial charge in [-0.25, -0.2) is 4.98 Å². The van der Waals surface area contributed by atoms with E-state index in [0.29, 0.717) is 5.28 Å². The van der Waals surface area contributed by atoms with Gasteiger partial charge in [0.15, 0.2) is 0 Å². The summed E-state index contributed by atoms with van der Waals surface area (Å²) in [6, 6.07) is 8.70. The predicted octanol–water partition coefficient (Wildman–Crippen LogP) is 5.73. The Balaban J connectivity index is 2.36. The van der Waals surface area contributed by atoms with Gasteiger partial charge in [-0.1, -0.05) is 36.8 Å². The molecule has 126 valence electrons. The topological polar surface area (TPSA) is 29.0 Å². The standard InChI is InChI=1S/C19H22ClN3S/c1-5-14-15(13-10-8-12(4)9-11-13)16-17(23(6-2)7-3)21-19(20)22-18(16)24-14/h8-11H,5-7H2,1-4H3. The summed E-state index contributed by atoms with van der Waals surface area (Å²) in [5.74, 6) is 0.946. The number of anilines is 1. The van der Waals surface area contributed by atoms with Crippen molar-refractivity contribution >= 4 is 39.0 Å². The summed E-state index contributed by atoms with van der Waals surface area (Å²) >= 11 is 7.94. The molecule has 5 heteroatoms. The van der Waals surface area contributed by atoms with Gasteiger partial charge in [0.1, 0.15) is 10.6 Å². The lowest BCUT2D eigenvalue weighted by Gasteiger charge is -2.21. The van der Waals surface area contributed by atoms with E-state index in [9.17, 15) is 0 Å². The first kappa shape index (κ1) is 17.2. The fourth-order valence-electron chi connectivity index (χ4n) is 3.03. The molecular weight excluding hydrogens is 338 g/mol. The van der Waals surface area contributed by atoms with Crippen LogP contribution in [0.1, 0.15) is 31.2 Å². The van der Waals surface area contributed by atoms with E-state index < -0.39 is 0 Å². The third kappa shape index (κ3) is 3.01. The lowest BCUT2D eigenvalue weighted by Crippen LogP contribution is -2.23. The molecule has 1 aromatic carbocycles. The van der Waals surface area contributed by atoms with E-state index in [0.717, 1.165) is 35.5 Å². The fourth-order valence-corrected chi connectivity index (χ4v) is 4.37. The number of halogens is 1. The smallest absolute Gasteiger partial charge is 0.225 e. The Morgan fingerprint density at radius 2 is 1.71 bits per heavy atom. The SMILES string of the molecule is CCc1sc2nc(Cl)nc(N(CC)CC)c2c1-c1ccc(C)cc1. The van der Waals surface area contributed by atoms with Crippen molar-refractivity contribution in [2.75, 3.05) is 18.0 Å². The Kier molecular flexibility index (Phi) is 5.07. The molecular formula is C19H22ClN3S. The molecule has 0 bridgehead atoms. The van der Waals surface area contributed by atoms with Gasteiger partial charge in [0.05, 0.1) is 5.39 Å². The van der Waals surface area contributed by atoms with Gasteiger partial charge in [-0.05, 0) is 44.4 Å². The summed E-state index contributed by atoms with van der Waals surface area (Å²) in [6.07, 6.45) is 0.972. The van der Waals surface area contributed by atoms with Crippen LogP contribution in [-0.4, -0.2) is 23.1 Å². The number of thiophene rings is 1. The first-order chi connectivity index (χ1) is 11.6. The highest BCUT2D eigenvalue weighted by Crippen LogP contribution is 2.42. The monoisotopic (exact) mass is 359 g/mol. The molecule has 0 atom stereocenters. The van der Waals surface area contributed by atoms with Gasteiger partial charge in [-0.3, -0.25) is 0 Å². The molecule has 0 amide bonds. The van der Waals surface area contributed by atoms with E-state index in [-0.39, 0.29) is 0 Å². The summed E-state index contributed by atoms with van der Waals surface area (Å²) in [6.45, 7) is 10.4. The van der Waals surface area contributed by atoms with Crippen LogP contribution in [-0.2, 0) is 6.42 Å². The molecule has 24 heavy (non-hydrogen) atoms. The average molecular weight is 360 g/mol. The number of benzene rings is 1. The Morgan fingerprint density at radius 1 is 1.04 bits per heavy atom. The van der Waals surface area contributed by atoms with Gasteiger partial charge in [0, 0.05) is 23.5 Å². The largest absolute Gasteiger partial charge is 0.356 e. The van der Waals surface area contributed by atoms with Gasteiger partial charge in [0.2, 0.25) is 5.28 Å². The van der Waals surface area contributed by atoms with Crippen molar-refractivity contribution in [3.05, 3.63) is 40.0 Å². The highest BCUT2D eigenvalue weighted by Gasteiger charge is 2.21. The molecule has 3 nitrogen and oxygen atoms in total. The second-order valence-electron chi connectivity index (χ2n) is 5.79. The van der Waals surface area contributed by atoms with E-state index in [1.807, 2.05) is 0 Å². The first-order valence-corrected chi connectivity index (χ1v) is 9.59. The van der Waals surface area contributed by atoms with Crippen LogP contribution in [0.5, 0.6) is 0 Å². The molecule has 0 aliphatic heterocycles. The fraction of sp³-hybridized carbons (Fsp3) is 0.368. The maximum Gasteiger partial charge on any atom is 0.225 e. The third-order valence-corrected chi connectivity index (χ3v) is 5.70. The van der Waals surface area contributed by atoms with Crippen molar-refractivity contribution in [1.82, 2.24) is 9.97 Å². The molecule has 2 heterocycles. The molecule has 0 radical (unpaired) electrons. The normalized spacial score (nSPS) is 11.2. The Labute approximate surface area is 152 Å². The zero-order valence-electron chi connectivity index (χ0n) is 14.6. The minimum absolute atomic E-state index is 0.323. The van der Waals surface area contributed by atoms with Gasteiger partial charge >= 0.3 is 0 Å². The molecule has 0 aliphatic rings. The number of hydrogen-bond acceptors (Lipinski definition) is 4. The molecule has 0 N–H and O–H groups in total. The van der Waals surface area contributed by atoms with Gasteiger partial charge in [0.25, 0.3) is 0 Å². The van der Waals surface area contributed by atoms with E-state index >= 15 is 0 Å². The molecule has 2 aromatic heterocycles. The molecule has 3 aromatic rings. The first-order valence-electron chi connectivity index (χ1n) is 8.39. The summed E-state index contributed by atoms with van der Waals surface area (Å²) in [4.78, 5) is 13.6. The highest BCUT2D eigenvalue weighted by molar-refractivity contribution is 7.19. The van der Waals surface area contributed by atoms with E-state index in [1.165, 1.54) is 21.6 Å². The zero-order valence-corrected chi connectivity index (χ0v) is 16.1. The minimum Gasteiger partial charge on any atom is -0.356 e. The Hall–Kier alpha value is -1.65. The van der Waals surface area contributed by atoms with Crippen LogP contribution in [0.4, 0.5) is 5.82 Å². The lowest BCUT2D eigenvalue weighted by molar-refractivity contribution is 0.849. The second-order valence-corrected chi connectivity index (χ2v) is 7.21. The quantitative estimate of drug-likeness (QED) is 0.545. The third-order valence-electron chi connectivity index (χ3n) is 4.30. The van der Waals surface area contributed by atoms with Crippen molar-refractivity contribution in [3.63, 3.8) is 0 Å². The maximum absolute atomic E-state index is 6.21. The number of rotatable bonds is 5. The second kappa shape index (κ2) is 7.08. The van der Waals surface area contributed by atoms with Crippen LogP contribution in [0.2, 0.25) is 5.28 Å². The van der Waals surface area contributed by atoms with Crippen LogP contribution in [0, 0.1) is 6.92 Å². The van der Waals surface area contributed by atoms with Crippen molar-refractivity contribution in [2.24, 2.45) is 0 Å². The van der Waals surface area contributed by atoms with Crippen LogP contribution in [0.15, 0.2) is 24.3 Å². The number of fused-ring (bicyclic) bond motifs is 1. The van der Waals surface area contributed by atoms with Crippen LogP contribution in [0.3, 0.4) is 0 Å². The Morgan fingerprint density at radius 3 is 2.29 bits per heavy atom. The maximum atomic E-state index is 6.21. The van der Waals surface area contributed by atoms with Crippen molar-refractivity contribution < 1.29 is 0 Å². The molecule has 0 fully saturated rings. The predicted molar refractivity (Wildman–Crippen MR) is 106 cm³/mol. The van der Waals surface area contributed by atoms with Crippen molar-refractivity contribution in [1.29, 1.82) is 0 Å². The van der Waals surface area contributed by atoms with Gasteiger partial charge in [-0.15, -0.1) is 11.3 Å². The van der Waals surface area contributed by atoms with Crippen LogP contribution < -0.4 is 4.90 Å². The summed E-state index contributed by atoms with van der Waals surface area (Å²) < 4.78 is 0. The summed E-state index contributed by atoms with van der Waals surface area (Å²) in [5.41, 5.74) is 3.75. The van der Waals surface area contributed by atoms with Crippen LogP contribution >= 0.6 is 22.9 Å². The Bertz CT molecular complexity index is 851. The van der Waals surface area contributed by atoms with E-state index in [2.05, 4.69) is 66.8 Å². The molecule has 0 saturated heterocycles. The number of aryl methyl sites for hydroxylation is 2. The van der Waals surface area contributed by atoms with Crippen LogP contribution in [0.25, 0.3) is 21.3 Å². The minimum atomic E-state index is 0.323. The average Bonchev–Trinajstić information content (AvgIpc) is 2.95.